The van der Waals surface area contributed by atoms with Crippen molar-refractivity contribution in [1.82, 2.24) is 10.3 Å². The Bertz CT molecular complexity index is 489. The van der Waals surface area contributed by atoms with Gasteiger partial charge in [-0.2, -0.15) is 0 Å². The van der Waals surface area contributed by atoms with E-state index in [0.717, 1.165) is 15.3 Å². The Labute approximate surface area is 90.5 Å². The first-order valence-corrected chi connectivity index (χ1v) is 5.57. The van der Waals surface area contributed by atoms with Gasteiger partial charge in [0.1, 0.15) is 0 Å². The van der Waals surface area contributed by atoms with Gasteiger partial charge in [0.2, 0.25) is 0 Å². The van der Waals surface area contributed by atoms with Crippen LogP contribution in [0.1, 0.15) is 0 Å². The van der Waals surface area contributed by atoms with Crippen LogP contribution in [-0.2, 0) is 0 Å². The fraction of sp³-hybridized carbons (Fsp3) is 0.200. The van der Waals surface area contributed by atoms with E-state index in [-0.39, 0.29) is 6.03 Å². The summed E-state index contributed by atoms with van der Waals surface area (Å²) in [4.78, 5) is 17.5. The number of carbonyl (C=O) groups excluding carboxylic acids is 1. The second kappa shape index (κ2) is 3.20. The van der Waals surface area contributed by atoms with E-state index in [0.29, 0.717) is 13.1 Å². The van der Waals surface area contributed by atoms with Gasteiger partial charge in [0.15, 0.2) is 5.13 Å². The lowest BCUT2D eigenvalue weighted by Gasteiger charge is -2.08. The zero-order chi connectivity index (χ0) is 10.3. The van der Waals surface area contributed by atoms with Crippen LogP contribution in [0.4, 0.5) is 9.93 Å². The van der Waals surface area contributed by atoms with Gasteiger partial charge < -0.3 is 5.32 Å². The fourth-order valence-corrected chi connectivity index (χ4v) is 2.62. The van der Waals surface area contributed by atoms with Gasteiger partial charge in [-0.1, -0.05) is 23.5 Å². The topological polar surface area (TPSA) is 45.2 Å². The smallest absolute Gasteiger partial charge is 0.323 e. The Kier molecular flexibility index (Phi) is 1.85. The molecule has 0 saturated carbocycles. The number of para-hydroxylation sites is 1. The quantitative estimate of drug-likeness (QED) is 0.795. The zero-order valence-corrected chi connectivity index (χ0v) is 8.75. The van der Waals surface area contributed by atoms with Gasteiger partial charge in [0, 0.05) is 13.1 Å². The van der Waals surface area contributed by atoms with Crippen molar-refractivity contribution in [2.45, 2.75) is 0 Å². The summed E-state index contributed by atoms with van der Waals surface area (Å²) in [6, 6.07) is 7.87. The first-order valence-electron chi connectivity index (χ1n) is 4.75. The summed E-state index contributed by atoms with van der Waals surface area (Å²) in [7, 11) is 0. The van der Waals surface area contributed by atoms with Crippen molar-refractivity contribution < 1.29 is 4.79 Å². The largest absolute Gasteiger partial charge is 0.336 e. The number of carbonyl (C=O) groups is 1. The average Bonchev–Trinajstić information content (AvgIpc) is 2.82. The van der Waals surface area contributed by atoms with Crippen molar-refractivity contribution in [2.75, 3.05) is 18.0 Å². The minimum atomic E-state index is -0.0472. The molecule has 2 heterocycles. The van der Waals surface area contributed by atoms with Crippen molar-refractivity contribution in [2.24, 2.45) is 0 Å². The highest BCUT2D eigenvalue weighted by Gasteiger charge is 2.23. The molecule has 1 N–H and O–H groups in total. The van der Waals surface area contributed by atoms with Crippen molar-refractivity contribution in [1.29, 1.82) is 0 Å². The number of nitrogens with one attached hydrogen (secondary N) is 1. The molecule has 1 saturated heterocycles. The van der Waals surface area contributed by atoms with E-state index in [4.69, 9.17) is 0 Å². The maximum Gasteiger partial charge on any atom is 0.323 e. The normalized spacial score (nSPS) is 16.0. The Morgan fingerprint density at radius 2 is 2.27 bits per heavy atom. The van der Waals surface area contributed by atoms with Crippen LogP contribution in [0.2, 0.25) is 0 Å². The number of aromatic nitrogens is 1. The van der Waals surface area contributed by atoms with Crippen LogP contribution in [0.25, 0.3) is 10.2 Å². The highest BCUT2D eigenvalue weighted by molar-refractivity contribution is 7.22. The van der Waals surface area contributed by atoms with Gasteiger partial charge in [-0.15, -0.1) is 0 Å². The molecule has 2 aromatic rings. The van der Waals surface area contributed by atoms with Crippen LogP contribution < -0.4 is 10.2 Å². The van der Waals surface area contributed by atoms with E-state index in [1.807, 2.05) is 24.3 Å². The van der Waals surface area contributed by atoms with Gasteiger partial charge in [-0.3, -0.25) is 4.90 Å². The molecule has 0 unspecified atom stereocenters. The first-order chi connectivity index (χ1) is 7.34. The lowest BCUT2D eigenvalue weighted by Crippen LogP contribution is -2.27. The van der Waals surface area contributed by atoms with Crippen molar-refractivity contribution in [3.8, 4) is 0 Å². The average molecular weight is 219 g/mol. The number of nitrogens with zero attached hydrogens (tertiary/aromatic N) is 2. The number of urea groups is 1. The van der Waals surface area contributed by atoms with Crippen LogP contribution in [-0.4, -0.2) is 24.1 Å². The van der Waals surface area contributed by atoms with Crippen LogP contribution in [0.5, 0.6) is 0 Å². The number of hydrogen-bond acceptors (Lipinski definition) is 3. The van der Waals surface area contributed by atoms with Crippen molar-refractivity contribution in [3.05, 3.63) is 24.3 Å². The number of rotatable bonds is 1. The number of anilines is 1. The number of fused-ring (bicyclic) bond motifs is 1. The van der Waals surface area contributed by atoms with Crippen molar-refractivity contribution in [3.63, 3.8) is 0 Å². The molecule has 15 heavy (non-hydrogen) atoms. The molecule has 1 fully saturated rings. The van der Waals surface area contributed by atoms with Gasteiger partial charge >= 0.3 is 6.03 Å². The van der Waals surface area contributed by atoms with Gasteiger partial charge in [-0.25, -0.2) is 9.78 Å². The molecule has 0 spiro atoms. The predicted octanol–water partition coefficient (Wildman–Crippen LogP) is 1.83. The lowest BCUT2D eigenvalue weighted by atomic mass is 10.3. The summed E-state index contributed by atoms with van der Waals surface area (Å²) in [5, 5.41) is 3.55. The van der Waals surface area contributed by atoms with Crippen LogP contribution >= 0.6 is 11.3 Å². The number of hydrogen-bond donors (Lipinski definition) is 1. The molecular formula is C10H9N3OS. The zero-order valence-electron chi connectivity index (χ0n) is 7.93. The molecule has 0 aliphatic carbocycles. The van der Waals surface area contributed by atoms with Gasteiger partial charge in [0.05, 0.1) is 10.2 Å². The SMILES string of the molecule is O=C1NCCN1c1nc2ccccc2s1. The molecular weight excluding hydrogens is 210 g/mol. The monoisotopic (exact) mass is 219 g/mol. The summed E-state index contributed by atoms with van der Waals surface area (Å²) in [5.74, 6) is 0. The molecule has 4 nitrogen and oxygen atoms in total. The molecule has 0 atom stereocenters. The third kappa shape index (κ3) is 1.35. The lowest BCUT2D eigenvalue weighted by molar-refractivity contribution is 0.252. The third-order valence-corrected chi connectivity index (χ3v) is 3.43. The summed E-state index contributed by atoms with van der Waals surface area (Å²) < 4.78 is 1.12. The Balaban J connectivity index is 2.08. The van der Waals surface area contributed by atoms with Crippen LogP contribution in [0.15, 0.2) is 24.3 Å². The Hall–Kier alpha value is -1.62. The Morgan fingerprint density at radius 1 is 1.40 bits per heavy atom. The maximum atomic E-state index is 11.4. The molecule has 1 aromatic carbocycles. The maximum absolute atomic E-state index is 11.4. The summed E-state index contributed by atoms with van der Waals surface area (Å²) in [6.45, 7) is 1.41. The minimum Gasteiger partial charge on any atom is -0.336 e. The molecule has 3 rings (SSSR count). The second-order valence-electron chi connectivity index (χ2n) is 3.35. The number of thiazole rings is 1. The second-order valence-corrected chi connectivity index (χ2v) is 4.36. The van der Waals surface area contributed by atoms with E-state index < -0.39 is 0 Å². The minimum absolute atomic E-state index is 0.0472. The van der Waals surface area contributed by atoms with E-state index >= 15 is 0 Å². The summed E-state index contributed by atoms with van der Waals surface area (Å²) in [6.07, 6.45) is 0. The highest BCUT2D eigenvalue weighted by Crippen LogP contribution is 2.29. The summed E-state index contributed by atoms with van der Waals surface area (Å²) in [5.41, 5.74) is 0.956. The third-order valence-electron chi connectivity index (χ3n) is 2.37. The fourth-order valence-electron chi connectivity index (χ4n) is 1.63. The molecule has 1 aliphatic heterocycles. The number of amides is 2. The first kappa shape index (κ1) is 8.67. The molecule has 5 heteroatoms. The molecule has 1 aliphatic rings. The predicted molar refractivity (Wildman–Crippen MR) is 60.4 cm³/mol. The van der Waals surface area contributed by atoms with Gasteiger partial charge in [0.25, 0.3) is 0 Å². The van der Waals surface area contributed by atoms with Crippen LogP contribution in [0.3, 0.4) is 0 Å². The van der Waals surface area contributed by atoms with E-state index in [9.17, 15) is 4.79 Å². The van der Waals surface area contributed by atoms with E-state index in [1.54, 1.807) is 16.2 Å². The summed E-state index contributed by atoms with van der Waals surface area (Å²) >= 11 is 1.55. The highest BCUT2D eigenvalue weighted by atomic mass is 32.1. The van der Waals surface area contributed by atoms with Crippen molar-refractivity contribution >= 4 is 32.7 Å². The van der Waals surface area contributed by atoms with Crippen LogP contribution in [0, 0.1) is 0 Å². The molecule has 1 aromatic heterocycles. The molecule has 2 amide bonds. The number of benzene rings is 1. The molecule has 0 radical (unpaired) electrons. The standard InChI is InChI=1S/C10H9N3OS/c14-9-11-5-6-13(9)10-12-7-3-1-2-4-8(7)15-10/h1-4H,5-6H2,(H,11,14). The van der Waals surface area contributed by atoms with E-state index in [1.165, 1.54) is 0 Å². The molecule has 0 bridgehead atoms. The van der Waals surface area contributed by atoms with E-state index in [2.05, 4.69) is 10.3 Å². The van der Waals surface area contributed by atoms with Gasteiger partial charge in [-0.05, 0) is 12.1 Å². The molecule has 76 valence electrons. The Morgan fingerprint density at radius 3 is 3.00 bits per heavy atom.